The average Bonchev–Trinajstić information content (AvgIpc) is 2.87. The molecule has 2 aliphatic heterocycles. The Balaban J connectivity index is 1.64. The van der Waals surface area contributed by atoms with Gasteiger partial charge < -0.3 is 14.5 Å². The molecule has 0 atom stereocenters. The molecule has 2 saturated heterocycles. The zero-order valence-electron chi connectivity index (χ0n) is 15.4. The van der Waals surface area contributed by atoms with Crippen LogP contribution in [0, 0.1) is 12.3 Å². The van der Waals surface area contributed by atoms with E-state index in [0.29, 0.717) is 26.2 Å². The molecular formula is C17H23F3N4O2. The lowest BCUT2D eigenvalue weighted by atomic mass is 9.79. The van der Waals surface area contributed by atoms with Crippen LogP contribution < -0.4 is 4.90 Å². The molecule has 1 aromatic heterocycles. The maximum Gasteiger partial charge on any atom is 0.433 e. The molecule has 0 unspecified atom stereocenters. The van der Waals surface area contributed by atoms with Crippen molar-refractivity contribution in [3.8, 4) is 0 Å². The van der Waals surface area contributed by atoms with Crippen molar-refractivity contribution in [2.75, 3.05) is 31.1 Å². The number of carbonyl (C=O) groups excluding carboxylic acids is 1. The third-order valence-corrected chi connectivity index (χ3v) is 4.58. The summed E-state index contributed by atoms with van der Waals surface area (Å²) in [6.45, 7) is 9.19. The number of ether oxygens (including phenoxy) is 1. The van der Waals surface area contributed by atoms with E-state index in [-0.39, 0.29) is 23.2 Å². The molecule has 26 heavy (non-hydrogen) atoms. The van der Waals surface area contributed by atoms with Gasteiger partial charge in [-0.05, 0) is 34.1 Å². The highest BCUT2D eigenvalue weighted by Gasteiger charge is 2.50. The van der Waals surface area contributed by atoms with Crippen molar-refractivity contribution in [2.45, 2.75) is 45.9 Å². The van der Waals surface area contributed by atoms with E-state index in [4.69, 9.17) is 4.74 Å². The minimum atomic E-state index is -4.49. The Morgan fingerprint density at radius 1 is 1.19 bits per heavy atom. The summed E-state index contributed by atoms with van der Waals surface area (Å²) in [7, 11) is 0. The van der Waals surface area contributed by atoms with Gasteiger partial charge in [-0.2, -0.15) is 13.2 Å². The van der Waals surface area contributed by atoms with Gasteiger partial charge >= 0.3 is 12.3 Å². The molecule has 1 aromatic rings. The van der Waals surface area contributed by atoms with E-state index < -0.39 is 17.5 Å². The zero-order valence-corrected chi connectivity index (χ0v) is 15.4. The summed E-state index contributed by atoms with van der Waals surface area (Å²) in [6.07, 6.45) is -4.03. The summed E-state index contributed by atoms with van der Waals surface area (Å²) in [5, 5.41) is 0. The number of anilines is 1. The molecule has 2 fully saturated rings. The highest BCUT2D eigenvalue weighted by molar-refractivity contribution is 5.69. The molecule has 0 saturated carbocycles. The van der Waals surface area contributed by atoms with Crippen LogP contribution in [0.1, 0.15) is 38.7 Å². The number of hydrogen-bond donors (Lipinski definition) is 0. The number of amides is 1. The first-order valence-electron chi connectivity index (χ1n) is 8.53. The Bertz CT molecular complexity index is 709. The van der Waals surface area contributed by atoms with Crippen LogP contribution in [-0.4, -0.2) is 52.7 Å². The van der Waals surface area contributed by atoms with Gasteiger partial charge in [0.1, 0.15) is 22.9 Å². The third kappa shape index (κ3) is 3.86. The molecule has 1 amide bonds. The first kappa shape index (κ1) is 18.7. The topological polar surface area (TPSA) is 58.6 Å². The fourth-order valence-corrected chi connectivity index (χ4v) is 3.46. The molecule has 3 heterocycles. The van der Waals surface area contributed by atoms with Crippen LogP contribution in [-0.2, 0) is 10.9 Å². The van der Waals surface area contributed by atoms with Crippen molar-refractivity contribution >= 4 is 11.9 Å². The largest absolute Gasteiger partial charge is 0.444 e. The van der Waals surface area contributed by atoms with Gasteiger partial charge in [0.25, 0.3) is 0 Å². The third-order valence-electron chi connectivity index (χ3n) is 4.58. The van der Waals surface area contributed by atoms with E-state index in [1.54, 1.807) is 4.90 Å². The normalized spacial score (nSPS) is 19.7. The smallest absolute Gasteiger partial charge is 0.433 e. The van der Waals surface area contributed by atoms with Crippen LogP contribution in [0.25, 0.3) is 0 Å². The van der Waals surface area contributed by atoms with Gasteiger partial charge in [0.05, 0.1) is 0 Å². The fraction of sp³-hybridized carbons (Fsp3) is 0.706. The number of likely N-dealkylation sites (tertiary alicyclic amines) is 1. The lowest BCUT2D eigenvalue weighted by Crippen LogP contribution is -2.58. The maximum absolute atomic E-state index is 12.9. The standard InChI is InChI=1S/C17H23F3N4O2/c1-11-21-12(17(18,19)20)7-13(22-11)24-9-16(10-24)5-6-23(8-16)14(25)26-15(2,3)4/h7H,5-6,8-10H2,1-4H3. The molecule has 9 heteroatoms. The van der Waals surface area contributed by atoms with Gasteiger partial charge in [-0.3, -0.25) is 0 Å². The van der Waals surface area contributed by atoms with E-state index in [9.17, 15) is 18.0 Å². The van der Waals surface area contributed by atoms with E-state index in [1.165, 1.54) is 6.92 Å². The Hall–Kier alpha value is -2.06. The van der Waals surface area contributed by atoms with Crippen LogP contribution in [0.5, 0.6) is 0 Å². The van der Waals surface area contributed by atoms with Crippen molar-refractivity contribution < 1.29 is 22.7 Å². The summed E-state index contributed by atoms with van der Waals surface area (Å²) >= 11 is 0. The van der Waals surface area contributed by atoms with Gasteiger partial charge in [0.2, 0.25) is 0 Å². The molecule has 0 radical (unpaired) electrons. The molecule has 0 aliphatic carbocycles. The van der Waals surface area contributed by atoms with Crippen molar-refractivity contribution in [1.29, 1.82) is 0 Å². The highest BCUT2D eigenvalue weighted by atomic mass is 19.4. The summed E-state index contributed by atoms with van der Waals surface area (Å²) in [5.74, 6) is 0.378. The predicted octanol–water partition coefficient (Wildman–Crippen LogP) is 3.25. The number of rotatable bonds is 1. The fourth-order valence-electron chi connectivity index (χ4n) is 3.46. The second kappa shape index (κ2) is 5.99. The average molecular weight is 372 g/mol. The Morgan fingerprint density at radius 3 is 2.42 bits per heavy atom. The number of carbonyl (C=O) groups is 1. The number of aryl methyl sites for hydroxylation is 1. The van der Waals surface area contributed by atoms with Gasteiger partial charge in [-0.1, -0.05) is 0 Å². The minimum absolute atomic E-state index is 0.0950. The summed E-state index contributed by atoms with van der Waals surface area (Å²) in [6, 6.07) is 0.987. The van der Waals surface area contributed by atoms with Crippen LogP contribution in [0.3, 0.4) is 0 Å². The first-order valence-corrected chi connectivity index (χ1v) is 8.53. The molecule has 1 spiro atoms. The molecular weight excluding hydrogens is 349 g/mol. The second-order valence-electron chi connectivity index (χ2n) is 8.16. The Labute approximate surface area is 150 Å². The molecule has 6 nitrogen and oxygen atoms in total. The van der Waals surface area contributed by atoms with Crippen LogP contribution >= 0.6 is 0 Å². The second-order valence-corrected chi connectivity index (χ2v) is 8.16. The minimum Gasteiger partial charge on any atom is -0.444 e. The van der Waals surface area contributed by atoms with E-state index in [0.717, 1.165) is 12.5 Å². The quantitative estimate of drug-likeness (QED) is 0.757. The number of halogens is 3. The first-order chi connectivity index (χ1) is 11.9. The predicted molar refractivity (Wildman–Crippen MR) is 88.8 cm³/mol. The Kier molecular flexibility index (Phi) is 4.31. The zero-order chi connectivity index (χ0) is 19.3. The summed E-state index contributed by atoms with van der Waals surface area (Å²) in [4.78, 5) is 23.3. The van der Waals surface area contributed by atoms with Crippen molar-refractivity contribution in [3.05, 3.63) is 17.6 Å². The monoisotopic (exact) mass is 372 g/mol. The van der Waals surface area contributed by atoms with Crippen LogP contribution in [0.2, 0.25) is 0 Å². The van der Waals surface area contributed by atoms with Crippen LogP contribution in [0.4, 0.5) is 23.8 Å². The molecule has 0 aromatic carbocycles. The lowest BCUT2D eigenvalue weighted by Gasteiger charge is -2.48. The molecule has 0 bridgehead atoms. The van der Waals surface area contributed by atoms with E-state index in [1.807, 2.05) is 25.7 Å². The van der Waals surface area contributed by atoms with Crippen molar-refractivity contribution in [3.63, 3.8) is 0 Å². The molecule has 3 rings (SSSR count). The van der Waals surface area contributed by atoms with Gasteiger partial charge in [0, 0.05) is 37.7 Å². The Morgan fingerprint density at radius 2 is 1.85 bits per heavy atom. The molecule has 0 N–H and O–H groups in total. The lowest BCUT2D eigenvalue weighted by molar-refractivity contribution is -0.141. The van der Waals surface area contributed by atoms with Crippen LogP contribution in [0.15, 0.2) is 6.07 Å². The summed E-state index contributed by atoms with van der Waals surface area (Å²) < 4.78 is 44.2. The number of nitrogens with zero attached hydrogens (tertiary/aromatic N) is 4. The van der Waals surface area contributed by atoms with Crippen molar-refractivity contribution in [1.82, 2.24) is 14.9 Å². The summed E-state index contributed by atoms with van der Waals surface area (Å²) in [5.41, 5.74) is -1.58. The van der Waals surface area contributed by atoms with Crippen molar-refractivity contribution in [2.24, 2.45) is 5.41 Å². The highest BCUT2D eigenvalue weighted by Crippen LogP contribution is 2.42. The number of aromatic nitrogens is 2. The number of hydrogen-bond acceptors (Lipinski definition) is 5. The maximum atomic E-state index is 12.9. The van der Waals surface area contributed by atoms with E-state index >= 15 is 0 Å². The SMILES string of the molecule is Cc1nc(N2CC3(CCN(C(=O)OC(C)(C)C)C3)C2)cc(C(F)(F)F)n1. The van der Waals surface area contributed by atoms with Gasteiger partial charge in [-0.25, -0.2) is 14.8 Å². The molecule has 144 valence electrons. The van der Waals surface area contributed by atoms with Gasteiger partial charge in [0.15, 0.2) is 0 Å². The van der Waals surface area contributed by atoms with Gasteiger partial charge in [-0.15, -0.1) is 0 Å². The number of alkyl halides is 3. The van der Waals surface area contributed by atoms with E-state index in [2.05, 4.69) is 9.97 Å². The molecule has 2 aliphatic rings.